The maximum atomic E-state index is 12.3. The molecule has 0 atom stereocenters. The number of unbranched alkanes of at least 4 members (excludes halogenated alkanes) is 5. The molecule has 2 rings (SSSR count). The lowest BCUT2D eigenvalue weighted by Gasteiger charge is -2.19. The zero-order chi connectivity index (χ0) is 19.2. The summed E-state index contributed by atoms with van der Waals surface area (Å²) in [5.74, 6) is -1.03. The summed E-state index contributed by atoms with van der Waals surface area (Å²) >= 11 is 0. The predicted octanol–water partition coefficient (Wildman–Crippen LogP) is 6.18. The van der Waals surface area contributed by atoms with E-state index in [9.17, 15) is 14.7 Å². The van der Waals surface area contributed by atoms with E-state index >= 15 is 0 Å². The Bertz CT molecular complexity index is 688. The molecular weight excluding hydrogens is 340 g/mol. The second kappa shape index (κ2) is 9.31. The molecule has 0 heterocycles. The van der Waals surface area contributed by atoms with Crippen LogP contribution in [0, 0.1) is 0 Å². The third-order valence-electron chi connectivity index (χ3n) is 5.68. The summed E-state index contributed by atoms with van der Waals surface area (Å²) in [5.41, 5.74) is 1.11. The van der Waals surface area contributed by atoms with Crippen LogP contribution in [0.3, 0.4) is 0 Å². The fraction of sp³-hybridized carbons (Fsp3) is 0.545. The van der Waals surface area contributed by atoms with E-state index in [0.717, 1.165) is 19.3 Å². The van der Waals surface area contributed by atoms with E-state index in [1.807, 2.05) is 0 Å². The van der Waals surface area contributed by atoms with Crippen molar-refractivity contribution in [2.75, 3.05) is 0 Å². The predicted molar refractivity (Wildman–Crippen MR) is 110 cm³/mol. The van der Waals surface area contributed by atoms with E-state index in [1.165, 1.54) is 31.4 Å². The van der Waals surface area contributed by atoms with Crippen molar-refractivity contribution in [2.45, 2.75) is 77.1 Å². The summed E-state index contributed by atoms with van der Waals surface area (Å²) in [6.07, 6.45) is 7.37. The molecule has 142 valence electrons. The Morgan fingerprint density at radius 1 is 0.846 bits per heavy atom. The maximum absolute atomic E-state index is 12.3. The van der Waals surface area contributed by atoms with Crippen LogP contribution in [-0.2, 0) is 4.79 Å². The number of allylic oxidation sites excluding steroid dienone is 1. The van der Waals surface area contributed by atoms with E-state index in [-0.39, 0.29) is 5.76 Å². The molecule has 0 fully saturated rings. The molecule has 1 aliphatic carbocycles. The molecule has 1 aliphatic rings. The summed E-state index contributed by atoms with van der Waals surface area (Å²) in [4.78, 5) is 24.5. The average molecular weight is 373 g/mol. The van der Waals surface area contributed by atoms with Gasteiger partial charge in [0.1, 0.15) is 5.76 Å². The minimum absolute atomic E-state index is 0.00282. The normalized spacial score (nSPS) is 14.7. The Hall–Kier alpha value is -1.68. The van der Waals surface area contributed by atoms with Crippen LogP contribution < -0.4 is 0 Å². The summed E-state index contributed by atoms with van der Waals surface area (Å²) in [7, 11) is -0.929. The summed E-state index contributed by atoms with van der Waals surface area (Å²) < 4.78 is 0. The first kappa shape index (κ1) is 20.6. The smallest absolute Gasteiger partial charge is 0.234 e. The highest BCUT2D eigenvalue weighted by molar-refractivity contribution is 6.77. The second-order valence-electron chi connectivity index (χ2n) is 8.17. The van der Waals surface area contributed by atoms with Gasteiger partial charge in [0.15, 0.2) is 0 Å². The fourth-order valence-corrected chi connectivity index (χ4v) is 5.00. The zero-order valence-electron chi connectivity index (χ0n) is 16.4. The lowest BCUT2D eigenvalue weighted by atomic mass is 9.86. The maximum Gasteiger partial charge on any atom is 0.234 e. The molecule has 0 bridgehead atoms. The van der Waals surface area contributed by atoms with Crippen molar-refractivity contribution < 1.29 is 14.7 Å². The van der Waals surface area contributed by atoms with Gasteiger partial charge in [0.05, 0.1) is 0 Å². The number of rotatable bonds is 10. The SMILES string of the molecule is CC[Si](C)(C)CCCCCCCCC1=C(O)c2ccccc2C(=O)C1=O. The first-order chi connectivity index (χ1) is 12.4. The highest BCUT2D eigenvalue weighted by Crippen LogP contribution is 2.30. The van der Waals surface area contributed by atoms with E-state index in [1.54, 1.807) is 24.3 Å². The average Bonchev–Trinajstić information content (AvgIpc) is 2.64. The molecule has 0 saturated heterocycles. The summed E-state index contributed by atoms with van der Waals surface area (Å²) in [6, 6.07) is 9.58. The molecule has 1 aromatic carbocycles. The molecule has 0 aliphatic heterocycles. The van der Waals surface area contributed by atoms with Crippen LogP contribution in [0.4, 0.5) is 0 Å². The number of carbonyl (C=O) groups is 2. The number of fused-ring (bicyclic) bond motifs is 1. The zero-order valence-corrected chi connectivity index (χ0v) is 17.4. The molecule has 3 nitrogen and oxygen atoms in total. The van der Waals surface area contributed by atoms with Crippen molar-refractivity contribution in [1.29, 1.82) is 0 Å². The topological polar surface area (TPSA) is 54.4 Å². The molecule has 0 unspecified atom stereocenters. The molecule has 1 aromatic rings. The number of aliphatic hydroxyl groups is 1. The van der Waals surface area contributed by atoms with E-state index in [2.05, 4.69) is 20.0 Å². The van der Waals surface area contributed by atoms with Crippen molar-refractivity contribution in [3.05, 3.63) is 41.0 Å². The third kappa shape index (κ3) is 5.16. The first-order valence-corrected chi connectivity index (χ1v) is 13.4. The van der Waals surface area contributed by atoms with Crippen molar-refractivity contribution in [2.24, 2.45) is 0 Å². The highest BCUT2D eigenvalue weighted by Gasteiger charge is 2.31. The van der Waals surface area contributed by atoms with Gasteiger partial charge in [-0.15, -0.1) is 0 Å². The quantitative estimate of drug-likeness (QED) is 0.303. The van der Waals surface area contributed by atoms with Crippen LogP contribution in [0.15, 0.2) is 29.8 Å². The monoisotopic (exact) mass is 372 g/mol. The van der Waals surface area contributed by atoms with Crippen molar-refractivity contribution in [1.82, 2.24) is 0 Å². The standard InChI is InChI=1S/C22H32O3Si/c1-4-26(2,3)16-12-8-6-5-7-9-15-19-20(23)17-13-10-11-14-18(17)21(24)22(19)25/h10-11,13-14,23H,4-9,12,15-16H2,1-3H3. The van der Waals surface area contributed by atoms with Gasteiger partial charge in [-0.25, -0.2) is 0 Å². The number of carbonyl (C=O) groups excluding carboxylic acids is 2. The van der Waals surface area contributed by atoms with Gasteiger partial charge in [-0.3, -0.25) is 9.59 Å². The van der Waals surface area contributed by atoms with Crippen molar-refractivity contribution in [3.8, 4) is 0 Å². The van der Waals surface area contributed by atoms with Gasteiger partial charge in [0, 0.05) is 24.8 Å². The highest BCUT2D eigenvalue weighted by atomic mass is 28.3. The largest absolute Gasteiger partial charge is 0.507 e. The van der Waals surface area contributed by atoms with Crippen LogP contribution >= 0.6 is 0 Å². The van der Waals surface area contributed by atoms with Crippen LogP contribution in [-0.4, -0.2) is 24.7 Å². The number of ketones is 2. The molecule has 26 heavy (non-hydrogen) atoms. The third-order valence-corrected chi connectivity index (χ3v) is 9.30. The second-order valence-corrected chi connectivity index (χ2v) is 13.7. The van der Waals surface area contributed by atoms with Crippen LogP contribution in [0.25, 0.3) is 5.76 Å². The van der Waals surface area contributed by atoms with Gasteiger partial charge in [-0.05, 0) is 12.8 Å². The van der Waals surface area contributed by atoms with Gasteiger partial charge in [-0.1, -0.05) is 88.5 Å². The number of benzene rings is 1. The van der Waals surface area contributed by atoms with Gasteiger partial charge in [-0.2, -0.15) is 0 Å². The molecule has 0 radical (unpaired) electrons. The molecular formula is C22H32O3Si. The molecule has 0 spiro atoms. The molecule has 0 amide bonds. The summed E-state index contributed by atoms with van der Waals surface area (Å²) in [6.45, 7) is 7.24. The van der Waals surface area contributed by atoms with Crippen molar-refractivity contribution in [3.63, 3.8) is 0 Å². The van der Waals surface area contributed by atoms with Crippen LogP contribution in [0.2, 0.25) is 25.2 Å². The van der Waals surface area contributed by atoms with E-state index in [4.69, 9.17) is 0 Å². The van der Waals surface area contributed by atoms with Gasteiger partial charge in [0.2, 0.25) is 11.6 Å². The lowest BCUT2D eigenvalue weighted by molar-refractivity contribution is -0.112. The number of aliphatic hydroxyl groups excluding tert-OH is 1. The Morgan fingerprint density at radius 2 is 1.42 bits per heavy atom. The Morgan fingerprint density at radius 3 is 2.08 bits per heavy atom. The molecule has 0 saturated carbocycles. The van der Waals surface area contributed by atoms with Crippen LogP contribution in [0.1, 0.15) is 67.8 Å². The van der Waals surface area contributed by atoms with Gasteiger partial charge in [0.25, 0.3) is 0 Å². The molecule has 0 aromatic heterocycles. The Labute approximate surface area is 158 Å². The van der Waals surface area contributed by atoms with Crippen LogP contribution in [0.5, 0.6) is 0 Å². The van der Waals surface area contributed by atoms with E-state index < -0.39 is 19.6 Å². The number of hydrogen-bond acceptors (Lipinski definition) is 3. The lowest BCUT2D eigenvalue weighted by Crippen LogP contribution is -2.24. The summed E-state index contributed by atoms with van der Waals surface area (Å²) in [5, 5.41) is 10.4. The Balaban J connectivity index is 1.76. The van der Waals surface area contributed by atoms with Gasteiger partial charge < -0.3 is 5.11 Å². The van der Waals surface area contributed by atoms with Gasteiger partial charge >= 0.3 is 0 Å². The molecule has 1 N–H and O–H groups in total. The fourth-order valence-electron chi connectivity index (χ4n) is 3.44. The number of hydrogen-bond donors (Lipinski definition) is 1. The Kier molecular flexibility index (Phi) is 7.39. The van der Waals surface area contributed by atoms with Crippen molar-refractivity contribution >= 4 is 25.4 Å². The minimum Gasteiger partial charge on any atom is -0.507 e. The first-order valence-electron chi connectivity index (χ1n) is 9.98. The number of Topliss-reactive ketones (excluding diaryl/α,β-unsaturated/α-hetero) is 2. The van der Waals surface area contributed by atoms with E-state index in [0.29, 0.717) is 23.1 Å². The minimum atomic E-state index is -0.929. The molecule has 4 heteroatoms.